The van der Waals surface area contributed by atoms with Gasteiger partial charge in [-0.2, -0.15) is 5.26 Å². The van der Waals surface area contributed by atoms with Crippen LogP contribution in [0.4, 0.5) is 0 Å². The monoisotopic (exact) mass is 162 g/mol. The van der Waals surface area contributed by atoms with Crippen molar-refractivity contribution in [2.45, 2.75) is 6.54 Å². The molecule has 0 aliphatic heterocycles. The Kier molecular flexibility index (Phi) is 2.67. The lowest BCUT2D eigenvalue weighted by Gasteiger charge is -2.01. The Labute approximate surface area is 71.3 Å². The van der Waals surface area contributed by atoms with Gasteiger partial charge in [0.05, 0.1) is 5.56 Å². The number of aromatic hydroxyl groups is 1. The van der Waals surface area contributed by atoms with Crippen molar-refractivity contribution in [3.05, 3.63) is 29.3 Å². The molecule has 2 N–H and O–H groups in total. The first-order chi connectivity index (χ1) is 5.77. The van der Waals surface area contributed by atoms with Crippen LogP contribution < -0.4 is 5.32 Å². The van der Waals surface area contributed by atoms with Crippen molar-refractivity contribution < 1.29 is 5.11 Å². The lowest BCUT2D eigenvalue weighted by molar-refractivity contribution is 0.473. The van der Waals surface area contributed by atoms with Gasteiger partial charge in [-0.1, -0.05) is 6.07 Å². The summed E-state index contributed by atoms with van der Waals surface area (Å²) in [6, 6.07) is 6.91. The van der Waals surface area contributed by atoms with Gasteiger partial charge in [0.2, 0.25) is 0 Å². The first-order valence-electron chi connectivity index (χ1n) is 3.64. The van der Waals surface area contributed by atoms with Crippen molar-refractivity contribution in [2.24, 2.45) is 0 Å². The summed E-state index contributed by atoms with van der Waals surface area (Å²) >= 11 is 0. The van der Waals surface area contributed by atoms with Gasteiger partial charge in [-0.15, -0.1) is 0 Å². The highest BCUT2D eigenvalue weighted by atomic mass is 16.3. The molecule has 0 bridgehead atoms. The Hall–Kier alpha value is -1.53. The van der Waals surface area contributed by atoms with Crippen LogP contribution in [0.5, 0.6) is 5.75 Å². The summed E-state index contributed by atoms with van der Waals surface area (Å²) in [6.07, 6.45) is 0. The van der Waals surface area contributed by atoms with Crippen molar-refractivity contribution in [1.82, 2.24) is 5.32 Å². The second kappa shape index (κ2) is 3.74. The number of rotatable bonds is 2. The van der Waals surface area contributed by atoms with Crippen LogP contribution in [-0.4, -0.2) is 12.2 Å². The molecule has 0 aromatic heterocycles. The van der Waals surface area contributed by atoms with Crippen molar-refractivity contribution >= 4 is 0 Å². The third-order valence-corrected chi connectivity index (χ3v) is 1.56. The molecule has 0 saturated heterocycles. The molecule has 1 aromatic rings. The highest BCUT2D eigenvalue weighted by molar-refractivity contribution is 5.44. The standard InChI is InChI=1S/C9H10N2O/c1-11-6-7-2-3-9(12)8(4-7)5-10/h2-4,11-12H,6H2,1H3. The molecule has 0 amide bonds. The topological polar surface area (TPSA) is 56.0 Å². The molecule has 0 aliphatic rings. The Morgan fingerprint density at radius 1 is 1.58 bits per heavy atom. The van der Waals surface area contributed by atoms with E-state index >= 15 is 0 Å². The number of nitrogens with one attached hydrogen (secondary N) is 1. The number of phenolic OH excluding ortho intramolecular Hbond substituents is 1. The van der Waals surface area contributed by atoms with Crippen LogP contribution in [0.1, 0.15) is 11.1 Å². The van der Waals surface area contributed by atoms with Gasteiger partial charge in [0.25, 0.3) is 0 Å². The van der Waals surface area contributed by atoms with Crippen LogP contribution in [0.25, 0.3) is 0 Å². The maximum absolute atomic E-state index is 9.16. The van der Waals surface area contributed by atoms with Gasteiger partial charge in [-0.25, -0.2) is 0 Å². The molecule has 0 fully saturated rings. The maximum Gasteiger partial charge on any atom is 0.133 e. The van der Waals surface area contributed by atoms with Crippen LogP contribution >= 0.6 is 0 Å². The molecule has 12 heavy (non-hydrogen) atoms. The third kappa shape index (κ3) is 1.74. The van der Waals surface area contributed by atoms with Crippen LogP contribution in [0, 0.1) is 11.3 Å². The van der Waals surface area contributed by atoms with E-state index in [-0.39, 0.29) is 5.75 Å². The average molecular weight is 162 g/mol. The van der Waals surface area contributed by atoms with Crippen LogP contribution in [0.3, 0.4) is 0 Å². The SMILES string of the molecule is CNCc1ccc(O)c(C#N)c1. The summed E-state index contributed by atoms with van der Waals surface area (Å²) in [5.74, 6) is 0.0392. The van der Waals surface area contributed by atoms with E-state index in [4.69, 9.17) is 10.4 Å². The van der Waals surface area contributed by atoms with Crippen molar-refractivity contribution in [1.29, 1.82) is 5.26 Å². The van der Waals surface area contributed by atoms with Crippen molar-refractivity contribution in [3.8, 4) is 11.8 Å². The lowest BCUT2D eigenvalue weighted by atomic mass is 10.1. The average Bonchev–Trinajstić information content (AvgIpc) is 2.09. The molecule has 3 nitrogen and oxygen atoms in total. The zero-order chi connectivity index (χ0) is 8.97. The predicted molar refractivity (Wildman–Crippen MR) is 45.6 cm³/mol. The molecule has 0 aliphatic carbocycles. The second-order valence-electron chi connectivity index (χ2n) is 2.49. The molecule has 62 valence electrons. The van der Waals surface area contributed by atoms with Crippen molar-refractivity contribution in [3.63, 3.8) is 0 Å². The first kappa shape index (κ1) is 8.57. The fourth-order valence-corrected chi connectivity index (χ4v) is 0.987. The minimum Gasteiger partial charge on any atom is -0.507 e. The van der Waals surface area contributed by atoms with E-state index < -0.39 is 0 Å². The second-order valence-corrected chi connectivity index (χ2v) is 2.49. The fraction of sp³-hybridized carbons (Fsp3) is 0.222. The van der Waals surface area contributed by atoms with Gasteiger partial charge >= 0.3 is 0 Å². The number of nitriles is 1. The van der Waals surface area contributed by atoms with Gasteiger partial charge in [0.15, 0.2) is 0 Å². The molecule has 1 rings (SSSR count). The van der Waals surface area contributed by atoms with E-state index in [0.29, 0.717) is 12.1 Å². The molecule has 0 atom stereocenters. The molecule has 0 radical (unpaired) electrons. The molecular weight excluding hydrogens is 152 g/mol. The lowest BCUT2D eigenvalue weighted by Crippen LogP contribution is -2.04. The highest BCUT2D eigenvalue weighted by Crippen LogP contribution is 2.16. The van der Waals surface area contributed by atoms with E-state index in [0.717, 1.165) is 5.56 Å². The summed E-state index contributed by atoms with van der Waals surface area (Å²) in [7, 11) is 1.83. The predicted octanol–water partition coefficient (Wildman–Crippen LogP) is 0.983. The number of benzene rings is 1. The van der Waals surface area contributed by atoms with Crippen LogP contribution in [0.15, 0.2) is 18.2 Å². The van der Waals surface area contributed by atoms with Gasteiger partial charge in [0.1, 0.15) is 11.8 Å². The van der Waals surface area contributed by atoms with Crippen LogP contribution in [0.2, 0.25) is 0 Å². The summed E-state index contributed by atoms with van der Waals surface area (Å²) in [5.41, 5.74) is 1.31. The minimum absolute atomic E-state index is 0.0392. The smallest absolute Gasteiger partial charge is 0.133 e. The quantitative estimate of drug-likeness (QED) is 0.681. The van der Waals surface area contributed by atoms with E-state index in [1.54, 1.807) is 12.1 Å². The molecule has 3 heteroatoms. The van der Waals surface area contributed by atoms with E-state index in [9.17, 15) is 0 Å². The molecule has 0 heterocycles. The number of hydrogen-bond acceptors (Lipinski definition) is 3. The van der Waals surface area contributed by atoms with Crippen molar-refractivity contribution in [2.75, 3.05) is 7.05 Å². The summed E-state index contributed by atoms with van der Waals surface area (Å²) in [4.78, 5) is 0. The molecule has 0 unspecified atom stereocenters. The highest BCUT2D eigenvalue weighted by Gasteiger charge is 1.99. The zero-order valence-electron chi connectivity index (χ0n) is 6.83. The molecule has 0 spiro atoms. The van der Waals surface area contributed by atoms with Gasteiger partial charge in [-0.3, -0.25) is 0 Å². The molecule has 1 aromatic carbocycles. The van der Waals surface area contributed by atoms with E-state index in [1.165, 1.54) is 6.07 Å². The summed E-state index contributed by atoms with van der Waals surface area (Å²) in [5, 5.41) is 20.7. The fourth-order valence-electron chi connectivity index (χ4n) is 0.987. The maximum atomic E-state index is 9.16. The largest absolute Gasteiger partial charge is 0.507 e. The van der Waals surface area contributed by atoms with Crippen LogP contribution in [-0.2, 0) is 6.54 Å². The van der Waals surface area contributed by atoms with Gasteiger partial charge in [-0.05, 0) is 24.7 Å². The summed E-state index contributed by atoms with van der Waals surface area (Å²) in [6.45, 7) is 0.703. The Balaban J connectivity index is 2.99. The molecular formula is C9H10N2O. The Morgan fingerprint density at radius 3 is 2.92 bits per heavy atom. The normalized spacial score (nSPS) is 9.33. The van der Waals surface area contributed by atoms with Gasteiger partial charge < -0.3 is 10.4 Å². The van der Waals surface area contributed by atoms with E-state index in [1.807, 2.05) is 13.1 Å². The summed E-state index contributed by atoms with van der Waals surface area (Å²) < 4.78 is 0. The first-order valence-corrected chi connectivity index (χ1v) is 3.64. The Bertz CT molecular complexity index is 315. The zero-order valence-corrected chi connectivity index (χ0v) is 6.83. The van der Waals surface area contributed by atoms with E-state index in [2.05, 4.69) is 5.32 Å². The minimum atomic E-state index is 0.0392. The number of hydrogen-bond donors (Lipinski definition) is 2. The third-order valence-electron chi connectivity index (χ3n) is 1.56. The molecule has 0 saturated carbocycles. The number of nitrogens with zero attached hydrogens (tertiary/aromatic N) is 1. The Morgan fingerprint density at radius 2 is 2.33 bits per heavy atom. The number of phenols is 1. The van der Waals surface area contributed by atoms with Gasteiger partial charge in [0, 0.05) is 6.54 Å².